The summed E-state index contributed by atoms with van der Waals surface area (Å²) in [5.74, 6) is 0. The number of hydrogen-bond acceptors (Lipinski definition) is 1. The SMILES string of the molecule is Cc1cccc(C(c2ccccc2)n2cnc3ccccc32)c1. The van der Waals surface area contributed by atoms with Crippen molar-refractivity contribution in [3.8, 4) is 0 Å². The highest BCUT2D eigenvalue weighted by atomic mass is 15.1. The van der Waals surface area contributed by atoms with Crippen molar-refractivity contribution in [2.75, 3.05) is 0 Å². The third-order valence-electron chi connectivity index (χ3n) is 4.23. The van der Waals surface area contributed by atoms with E-state index in [4.69, 9.17) is 0 Å². The fraction of sp³-hybridized carbons (Fsp3) is 0.0952. The fourth-order valence-electron chi connectivity index (χ4n) is 3.17. The average molecular weight is 298 g/mol. The number of aromatic nitrogens is 2. The van der Waals surface area contributed by atoms with E-state index in [1.54, 1.807) is 0 Å². The van der Waals surface area contributed by atoms with E-state index in [-0.39, 0.29) is 6.04 Å². The molecule has 0 radical (unpaired) electrons. The van der Waals surface area contributed by atoms with E-state index in [0.717, 1.165) is 11.0 Å². The molecule has 4 rings (SSSR count). The van der Waals surface area contributed by atoms with Gasteiger partial charge in [-0.05, 0) is 30.2 Å². The highest BCUT2D eigenvalue weighted by molar-refractivity contribution is 5.75. The number of imidazole rings is 1. The lowest BCUT2D eigenvalue weighted by atomic mass is 9.97. The van der Waals surface area contributed by atoms with Crippen molar-refractivity contribution < 1.29 is 0 Å². The molecule has 1 aromatic heterocycles. The summed E-state index contributed by atoms with van der Waals surface area (Å²) < 4.78 is 2.26. The molecule has 0 saturated carbocycles. The highest BCUT2D eigenvalue weighted by Gasteiger charge is 2.18. The Morgan fingerprint density at radius 2 is 1.52 bits per heavy atom. The molecule has 23 heavy (non-hydrogen) atoms. The Morgan fingerprint density at radius 1 is 0.783 bits per heavy atom. The molecule has 0 spiro atoms. The maximum Gasteiger partial charge on any atom is 0.0966 e. The van der Waals surface area contributed by atoms with Gasteiger partial charge >= 0.3 is 0 Å². The van der Waals surface area contributed by atoms with Crippen LogP contribution in [0.4, 0.5) is 0 Å². The van der Waals surface area contributed by atoms with Gasteiger partial charge in [-0.2, -0.15) is 0 Å². The van der Waals surface area contributed by atoms with Gasteiger partial charge in [-0.1, -0.05) is 72.3 Å². The molecule has 1 heterocycles. The smallest absolute Gasteiger partial charge is 0.0966 e. The van der Waals surface area contributed by atoms with Crippen LogP contribution >= 0.6 is 0 Å². The molecular formula is C21H18N2. The molecule has 4 aromatic rings. The molecule has 112 valence electrons. The number of hydrogen-bond donors (Lipinski definition) is 0. The zero-order chi connectivity index (χ0) is 15.6. The molecule has 0 amide bonds. The molecule has 2 nitrogen and oxygen atoms in total. The van der Waals surface area contributed by atoms with Crippen LogP contribution in [0.3, 0.4) is 0 Å². The molecule has 1 unspecified atom stereocenters. The summed E-state index contributed by atoms with van der Waals surface area (Å²) in [5.41, 5.74) is 6.00. The summed E-state index contributed by atoms with van der Waals surface area (Å²) in [6.45, 7) is 2.14. The normalized spacial score (nSPS) is 12.4. The first-order valence-electron chi connectivity index (χ1n) is 7.86. The van der Waals surface area contributed by atoms with Gasteiger partial charge in [0.2, 0.25) is 0 Å². The van der Waals surface area contributed by atoms with Crippen LogP contribution in [0.25, 0.3) is 11.0 Å². The second-order valence-electron chi connectivity index (χ2n) is 5.87. The Morgan fingerprint density at radius 3 is 2.35 bits per heavy atom. The summed E-state index contributed by atoms with van der Waals surface area (Å²) >= 11 is 0. The number of aryl methyl sites for hydroxylation is 1. The van der Waals surface area contributed by atoms with Gasteiger partial charge in [0.1, 0.15) is 0 Å². The first-order chi connectivity index (χ1) is 11.3. The van der Waals surface area contributed by atoms with Crippen LogP contribution < -0.4 is 0 Å². The van der Waals surface area contributed by atoms with E-state index in [1.165, 1.54) is 16.7 Å². The van der Waals surface area contributed by atoms with E-state index in [2.05, 4.69) is 89.3 Å². The minimum absolute atomic E-state index is 0.128. The van der Waals surface area contributed by atoms with Crippen LogP contribution in [-0.2, 0) is 0 Å². The molecule has 0 aliphatic heterocycles. The van der Waals surface area contributed by atoms with E-state index < -0.39 is 0 Å². The van der Waals surface area contributed by atoms with Crippen LogP contribution in [0.5, 0.6) is 0 Å². The Balaban J connectivity index is 1.96. The zero-order valence-corrected chi connectivity index (χ0v) is 13.1. The summed E-state index contributed by atoms with van der Waals surface area (Å²) in [4.78, 5) is 4.58. The van der Waals surface area contributed by atoms with E-state index in [1.807, 2.05) is 12.4 Å². The lowest BCUT2D eigenvalue weighted by Gasteiger charge is -2.21. The molecule has 0 saturated heterocycles. The van der Waals surface area contributed by atoms with Gasteiger partial charge in [-0.25, -0.2) is 4.98 Å². The predicted octanol–water partition coefficient (Wildman–Crippen LogP) is 4.98. The second-order valence-corrected chi connectivity index (χ2v) is 5.87. The topological polar surface area (TPSA) is 17.8 Å². The van der Waals surface area contributed by atoms with E-state index >= 15 is 0 Å². The Bertz CT molecular complexity index is 938. The van der Waals surface area contributed by atoms with Gasteiger partial charge in [0.05, 0.1) is 23.4 Å². The predicted molar refractivity (Wildman–Crippen MR) is 94.6 cm³/mol. The Labute approximate surface area is 136 Å². The minimum Gasteiger partial charge on any atom is -0.319 e. The second kappa shape index (κ2) is 5.73. The number of para-hydroxylation sites is 2. The van der Waals surface area contributed by atoms with Crippen LogP contribution in [-0.4, -0.2) is 9.55 Å². The molecule has 0 fully saturated rings. The van der Waals surface area contributed by atoms with Crippen molar-refractivity contribution in [2.45, 2.75) is 13.0 Å². The molecule has 3 aromatic carbocycles. The Hall–Kier alpha value is -2.87. The van der Waals surface area contributed by atoms with Crippen molar-refractivity contribution >= 4 is 11.0 Å². The lowest BCUT2D eigenvalue weighted by molar-refractivity contribution is 0.697. The van der Waals surface area contributed by atoms with E-state index in [9.17, 15) is 0 Å². The molecule has 2 heteroatoms. The largest absolute Gasteiger partial charge is 0.319 e. The standard InChI is InChI=1S/C21H18N2/c1-16-8-7-11-18(14-16)21(17-9-3-2-4-10-17)23-15-22-19-12-5-6-13-20(19)23/h2-15,21H,1H3. The van der Waals surface area contributed by atoms with Gasteiger partial charge in [-0.15, -0.1) is 0 Å². The molecule has 0 aliphatic rings. The van der Waals surface area contributed by atoms with Crippen LogP contribution in [0.15, 0.2) is 85.2 Å². The summed E-state index contributed by atoms with van der Waals surface area (Å²) in [5, 5.41) is 0. The number of rotatable bonds is 3. The Kier molecular flexibility index (Phi) is 3.43. The third-order valence-corrected chi connectivity index (χ3v) is 4.23. The fourth-order valence-corrected chi connectivity index (χ4v) is 3.17. The lowest BCUT2D eigenvalue weighted by Crippen LogP contribution is -2.11. The van der Waals surface area contributed by atoms with Crippen molar-refractivity contribution in [1.29, 1.82) is 0 Å². The molecule has 1 atom stereocenters. The van der Waals surface area contributed by atoms with Gasteiger partial charge in [-0.3, -0.25) is 0 Å². The van der Waals surface area contributed by atoms with Crippen molar-refractivity contribution in [1.82, 2.24) is 9.55 Å². The number of benzene rings is 3. The quantitative estimate of drug-likeness (QED) is 0.521. The van der Waals surface area contributed by atoms with Crippen molar-refractivity contribution in [2.24, 2.45) is 0 Å². The van der Waals surface area contributed by atoms with Crippen LogP contribution in [0.1, 0.15) is 22.7 Å². The van der Waals surface area contributed by atoms with Crippen molar-refractivity contribution in [3.05, 3.63) is 102 Å². The molecule has 0 bridgehead atoms. The maximum absolute atomic E-state index is 4.58. The summed E-state index contributed by atoms with van der Waals surface area (Å²) in [6.07, 6.45) is 1.95. The van der Waals surface area contributed by atoms with E-state index in [0.29, 0.717) is 0 Å². The molecule has 0 aliphatic carbocycles. The molecule has 0 N–H and O–H groups in total. The van der Waals surface area contributed by atoms with Gasteiger partial charge in [0.25, 0.3) is 0 Å². The van der Waals surface area contributed by atoms with Gasteiger partial charge in [0.15, 0.2) is 0 Å². The summed E-state index contributed by atoms with van der Waals surface area (Å²) in [6, 6.07) is 27.7. The van der Waals surface area contributed by atoms with Crippen molar-refractivity contribution in [3.63, 3.8) is 0 Å². The first kappa shape index (κ1) is 13.8. The minimum atomic E-state index is 0.128. The highest BCUT2D eigenvalue weighted by Crippen LogP contribution is 2.30. The first-order valence-corrected chi connectivity index (χ1v) is 7.86. The van der Waals surface area contributed by atoms with Gasteiger partial charge in [0, 0.05) is 0 Å². The maximum atomic E-state index is 4.58. The average Bonchev–Trinajstić information content (AvgIpc) is 3.00. The third kappa shape index (κ3) is 2.53. The van der Waals surface area contributed by atoms with Gasteiger partial charge < -0.3 is 4.57 Å². The number of nitrogens with zero attached hydrogens (tertiary/aromatic N) is 2. The monoisotopic (exact) mass is 298 g/mol. The number of fused-ring (bicyclic) bond motifs is 1. The van der Waals surface area contributed by atoms with Crippen LogP contribution in [0, 0.1) is 6.92 Å². The summed E-state index contributed by atoms with van der Waals surface area (Å²) in [7, 11) is 0. The van der Waals surface area contributed by atoms with Crippen LogP contribution in [0.2, 0.25) is 0 Å². The molecular weight excluding hydrogens is 280 g/mol. The zero-order valence-electron chi connectivity index (χ0n) is 13.1.